The third-order valence-electron chi connectivity index (χ3n) is 4.06. The Labute approximate surface area is 89.0 Å². The second-order valence-corrected chi connectivity index (χ2v) is 4.83. The average Bonchev–Trinajstić information content (AvgIpc) is 2.57. The SMILES string of the molecule is O=C1C=CC(=O)C2C1[C@@H]1C=C[C@H]2CCC1. The van der Waals surface area contributed by atoms with Gasteiger partial charge in [-0.15, -0.1) is 0 Å². The molecule has 0 spiro atoms. The van der Waals surface area contributed by atoms with E-state index in [-0.39, 0.29) is 23.4 Å². The molecule has 2 heteroatoms. The number of rotatable bonds is 0. The zero-order valence-electron chi connectivity index (χ0n) is 8.56. The Bertz CT molecular complexity index is 344. The van der Waals surface area contributed by atoms with Crippen LogP contribution < -0.4 is 0 Å². The van der Waals surface area contributed by atoms with E-state index >= 15 is 0 Å². The molecule has 2 unspecified atom stereocenters. The van der Waals surface area contributed by atoms with Crippen LogP contribution in [0.25, 0.3) is 0 Å². The molecule has 4 atom stereocenters. The van der Waals surface area contributed by atoms with Crippen molar-refractivity contribution in [3.63, 3.8) is 0 Å². The summed E-state index contributed by atoms with van der Waals surface area (Å²) in [6.07, 6.45) is 10.6. The van der Waals surface area contributed by atoms with Crippen LogP contribution in [0.4, 0.5) is 0 Å². The van der Waals surface area contributed by atoms with Gasteiger partial charge < -0.3 is 0 Å². The van der Waals surface area contributed by atoms with Gasteiger partial charge in [0.2, 0.25) is 0 Å². The molecule has 1 fully saturated rings. The van der Waals surface area contributed by atoms with Crippen molar-refractivity contribution in [3.8, 4) is 0 Å². The smallest absolute Gasteiger partial charge is 0.160 e. The highest BCUT2D eigenvalue weighted by molar-refractivity contribution is 6.07. The molecule has 1 saturated carbocycles. The molecule has 0 aliphatic heterocycles. The molecule has 0 aromatic heterocycles. The van der Waals surface area contributed by atoms with Gasteiger partial charge in [0.1, 0.15) is 0 Å². The minimum absolute atomic E-state index is 0.0417. The molecule has 4 aliphatic rings. The van der Waals surface area contributed by atoms with E-state index < -0.39 is 0 Å². The first-order valence-corrected chi connectivity index (χ1v) is 5.71. The van der Waals surface area contributed by atoms with Gasteiger partial charge in [-0.3, -0.25) is 9.59 Å². The predicted octanol–water partition coefficient (Wildman–Crippen LogP) is 1.91. The van der Waals surface area contributed by atoms with Gasteiger partial charge in [-0.2, -0.15) is 0 Å². The van der Waals surface area contributed by atoms with Crippen LogP contribution in [-0.4, -0.2) is 11.6 Å². The molecule has 0 aromatic rings. The molecule has 2 nitrogen and oxygen atoms in total. The molecule has 0 aromatic carbocycles. The monoisotopic (exact) mass is 202 g/mol. The van der Waals surface area contributed by atoms with Crippen LogP contribution in [0.2, 0.25) is 0 Å². The van der Waals surface area contributed by atoms with Crippen molar-refractivity contribution in [1.29, 1.82) is 0 Å². The Morgan fingerprint density at radius 3 is 1.80 bits per heavy atom. The van der Waals surface area contributed by atoms with Gasteiger partial charge in [-0.1, -0.05) is 18.6 Å². The minimum atomic E-state index is -0.0417. The predicted molar refractivity (Wildman–Crippen MR) is 56.1 cm³/mol. The Morgan fingerprint density at radius 2 is 1.33 bits per heavy atom. The van der Waals surface area contributed by atoms with Crippen molar-refractivity contribution in [2.45, 2.75) is 19.3 Å². The first-order valence-electron chi connectivity index (χ1n) is 5.71. The summed E-state index contributed by atoms with van der Waals surface area (Å²) < 4.78 is 0. The number of hydrogen-bond donors (Lipinski definition) is 0. The van der Waals surface area contributed by atoms with Crippen molar-refractivity contribution in [2.24, 2.45) is 23.7 Å². The van der Waals surface area contributed by atoms with Crippen LogP contribution in [0.15, 0.2) is 24.3 Å². The fourth-order valence-corrected chi connectivity index (χ4v) is 3.36. The Hall–Kier alpha value is -1.18. The quantitative estimate of drug-likeness (QED) is 0.562. The maximum Gasteiger partial charge on any atom is 0.160 e. The summed E-state index contributed by atoms with van der Waals surface area (Å²) in [7, 11) is 0. The molecule has 4 aliphatic carbocycles. The van der Waals surface area contributed by atoms with Gasteiger partial charge >= 0.3 is 0 Å². The normalized spacial score (nSPS) is 42.9. The summed E-state index contributed by atoms with van der Waals surface area (Å²) in [5.74, 6) is 0.881. The Balaban J connectivity index is 2.08. The van der Waals surface area contributed by atoms with E-state index in [2.05, 4.69) is 12.2 Å². The molecule has 15 heavy (non-hydrogen) atoms. The van der Waals surface area contributed by atoms with Crippen LogP contribution in [0.5, 0.6) is 0 Å². The maximum atomic E-state index is 11.8. The van der Waals surface area contributed by atoms with Crippen LogP contribution in [0.3, 0.4) is 0 Å². The molecule has 0 radical (unpaired) electrons. The first-order chi connectivity index (χ1) is 7.27. The van der Waals surface area contributed by atoms with E-state index in [0.717, 1.165) is 19.3 Å². The van der Waals surface area contributed by atoms with Gasteiger partial charge in [0.25, 0.3) is 0 Å². The lowest BCUT2D eigenvalue weighted by molar-refractivity contribution is -0.131. The minimum Gasteiger partial charge on any atom is -0.294 e. The number of allylic oxidation sites excluding steroid dienone is 4. The van der Waals surface area contributed by atoms with Crippen molar-refractivity contribution in [2.75, 3.05) is 0 Å². The van der Waals surface area contributed by atoms with E-state index in [1.165, 1.54) is 12.2 Å². The van der Waals surface area contributed by atoms with Crippen molar-refractivity contribution in [3.05, 3.63) is 24.3 Å². The van der Waals surface area contributed by atoms with E-state index in [9.17, 15) is 9.59 Å². The molecule has 78 valence electrons. The van der Waals surface area contributed by atoms with Gasteiger partial charge in [0, 0.05) is 11.8 Å². The van der Waals surface area contributed by atoms with E-state index in [1.54, 1.807) is 0 Å². The number of hydrogen-bond acceptors (Lipinski definition) is 2. The summed E-state index contributed by atoms with van der Waals surface area (Å²) in [5, 5.41) is 0. The number of ketones is 2. The van der Waals surface area contributed by atoms with E-state index in [0.29, 0.717) is 11.8 Å². The molecule has 0 saturated heterocycles. The van der Waals surface area contributed by atoms with Crippen LogP contribution >= 0.6 is 0 Å². The van der Waals surface area contributed by atoms with Gasteiger partial charge in [-0.05, 0) is 36.8 Å². The highest BCUT2D eigenvalue weighted by atomic mass is 16.1. The van der Waals surface area contributed by atoms with Gasteiger partial charge in [0.05, 0.1) is 0 Å². The summed E-state index contributed by atoms with van der Waals surface area (Å²) in [6.45, 7) is 0. The maximum absolute atomic E-state index is 11.8. The van der Waals surface area contributed by atoms with Crippen molar-refractivity contribution in [1.82, 2.24) is 0 Å². The second-order valence-electron chi connectivity index (χ2n) is 4.83. The van der Waals surface area contributed by atoms with Gasteiger partial charge in [0.15, 0.2) is 11.6 Å². The lowest BCUT2D eigenvalue weighted by Gasteiger charge is -2.35. The fraction of sp³-hybridized carbons (Fsp3) is 0.538. The van der Waals surface area contributed by atoms with Crippen LogP contribution in [0, 0.1) is 23.7 Å². The summed E-state index contributed by atoms with van der Waals surface area (Å²) in [6, 6.07) is 0. The lowest BCUT2D eigenvalue weighted by atomic mass is 9.66. The van der Waals surface area contributed by atoms with Gasteiger partial charge in [-0.25, -0.2) is 0 Å². The molecule has 2 bridgehead atoms. The molecule has 4 rings (SSSR count). The molecular weight excluding hydrogens is 188 g/mol. The molecule has 0 heterocycles. The van der Waals surface area contributed by atoms with E-state index in [4.69, 9.17) is 0 Å². The third kappa shape index (κ3) is 1.24. The summed E-state index contributed by atoms with van der Waals surface area (Å²) in [5.41, 5.74) is 0. The molecular formula is C13H14O2. The second kappa shape index (κ2) is 3.16. The third-order valence-corrected chi connectivity index (χ3v) is 4.06. The summed E-state index contributed by atoms with van der Waals surface area (Å²) >= 11 is 0. The number of fused-ring (bicyclic) bond motifs is 2. The number of carbonyl (C=O) groups excluding carboxylic acids is 2. The topological polar surface area (TPSA) is 34.1 Å². The zero-order chi connectivity index (χ0) is 10.4. The first kappa shape index (κ1) is 9.08. The Morgan fingerprint density at radius 1 is 0.867 bits per heavy atom. The van der Waals surface area contributed by atoms with E-state index in [1.807, 2.05) is 0 Å². The van der Waals surface area contributed by atoms with Crippen LogP contribution in [-0.2, 0) is 9.59 Å². The number of carbonyl (C=O) groups is 2. The zero-order valence-corrected chi connectivity index (χ0v) is 8.56. The largest absolute Gasteiger partial charge is 0.294 e. The van der Waals surface area contributed by atoms with Crippen molar-refractivity contribution < 1.29 is 9.59 Å². The highest BCUT2D eigenvalue weighted by Gasteiger charge is 2.46. The standard InChI is InChI=1S/C13H14O2/c14-10-6-7-11(15)13-9-3-1-2-8(4-5-9)12(10)13/h4-9,12-13H,1-3H2/t8-,9+,12?,13?. The van der Waals surface area contributed by atoms with Crippen molar-refractivity contribution >= 4 is 11.6 Å². The fourth-order valence-electron chi connectivity index (χ4n) is 3.36. The summed E-state index contributed by atoms with van der Waals surface area (Å²) in [4.78, 5) is 23.7. The average molecular weight is 202 g/mol. The molecule has 0 N–H and O–H groups in total. The van der Waals surface area contributed by atoms with Crippen LogP contribution in [0.1, 0.15) is 19.3 Å². The highest BCUT2D eigenvalue weighted by Crippen LogP contribution is 2.45. The molecule has 0 amide bonds. The lowest BCUT2D eigenvalue weighted by Crippen LogP contribution is -2.41. The Kier molecular flexibility index (Phi) is 1.91.